The molecule has 0 radical (unpaired) electrons. The molecule has 168 valence electrons. The van der Waals surface area contributed by atoms with Gasteiger partial charge >= 0.3 is 0 Å². The highest BCUT2D eigenvalue weighted by atomic mass is 32.2. The number of aryl methyl sites for hydroxylation is 1. The van der Waals surface area contributed by atoms with Crippen LogP contribution in [0.3, 0.4) is 0 Å². The third-order valence-corrected chi connectivity index (χ3v) is 6.78. The molecule has 2 aromatic carbocycles. The number of sulfonamides is 1. The molecule has 3 aromatic rings. The average Bonchev–Trinajstić information content (AvgIpc) is 3.04. The standard InChI is InChI=1S/C22H24FN5O3S/c23-18-11-10-16(22-27-26-20-9-5-2-6-14-28(20)22)15-19(18)25-21(29)12-13-24-32(30,31)17-7-3-1-4-8-17/h1,3-4,7-8,10-11,15,24H,2,5-6,9,12-14H2,(H,25,29). The molecule has 0 atom stereocenters. The minimum Gasteiger partial charge on any atom is -0.324 e. The van der Waals surface area contributed by atoms with E-state index in [4.69, 9.17) is 0 Å². The van der Waals surface area contributed by atoms with Gasteiger partial charge in [-0.3, -0.25) is 4.79 Å². The fraction of sp³-hybridized carbons (Fsp3) is 0.318. The zero-order valence-electron chi connectivity index (χ0n) is 17.4. The topological polar surface area (TPSA) is 106 Å². The van der Waals surface area contributed by atoms with Crippen LogP contribution in [0.2, 0.25) is 0 Å². The van der Waals surface area contributed by atoms with Crippen molar-refractivity contribution in [2.75, 3.05) is 11.9 Å². The molecule has 1 amide bonds. The number of aromatic nitrogens is 3. The molecule has 1 aliphatic heterocycles. The molecule has 0 saturated carbocycles. The summed E-state index contributed by atoms with van der Waals surface area (Å²) in [6, 6.07) is 12.3. The Hall–Kier alpha value is -3.11. The Morgan fingerprint density at radius 2 is 1.88 bits per heavy atom. The van der Waals surface area contributed by atoms with Crippen LogP contribution in [0.4, 0.5) is 10.1 Å². The summed E-state index contributed by atoms with van der Waals surface area (Å²) in [6.07, 6.45) is 3.94. The normalized spacial score (nSPS) is 13.9. The maximum atomic E-state index is 14.3. The smallest absolute Gasteiger partial charge is 0.240 e. The van der Waals surface area contributed by atoms with Crippen LogP contribution < -0.4 is 10.0 Å². The van der Waals surface area contributed by atoms with Gasteiger partial charge in [-0.1, -0.05) is 24.6 Å². The molecule has 10 heteroatoms. The van der Waals surface area contributed by atoms with Crippen molar-refractivity contribution in [1.82, 2.24) is 19.5 Å². The van der Waals surface area contributed by atoms with E-state index in [1.54, 1.807) is 24.3 Å². The Morgan fingerprint density at radius 1 is 1.06 bits per heavy atom. The number of hydrogen-bond donors (Lipinski definition) is 2. The Kier molecular flexibility index (Phi) is 6.61. The molecule has 8 nitrogen and oxygen atoms in total. The monoisotopic (exact) mass is 457 g/mol. The van der Waals surface area contributed by atoms with Gasteiger partial charge in [0.2, 0.25) is 15.9 Å². The Morgan fingerprint density at radius 3 is 2.69 bits per heavy atom. The molecule has 0 saturated heterocycles. The molecule has 0 fully saturated rings. The van der Waals surface area contributed by atoms with Gasteiger partial charge < -0.3 is 9.88 Å². The third-order valence-electron chi connectivity index (χ3n) is 5.31. The van der Waals surface area contributed by atoms with Gasteiger partial charge in [-0.2, -0.15) is 0 Å². The van der Waals surface area contributed by atoms with Crippen molar-refractivity contribution < 1.29 is 17.6 Å². The summed E-state index contributed by atoms with van der Waals surface area (Å²) < 4.78 is 43.2. The maximum Gasteiger partial charge on any atom is 0.240 e. The lowest BCUT2D eigenvalue weighted by atomic mass is 10.1. The molecule has 0 aliphatic carbocycles. The number of anilines is 1. The van der Waals surface area contributed by atoms with E-state index in [-0.39, 0.29) is 23.5 Å². The Labute approximate surface area is 185 Å². The second-order valence-corrected chi connectivity index (χ2v) is 9.37. The van der Waals surface area contributed by atoms with E-state index >= 15 is 0 Å². The van der Waals surface area contributed by atoms with E-state index < -0.39 is 21.7 Å². The minimum atomic E-state index is -3.71. The molecule has 0 unspecified atom stereocenters. The zero-order valence-corrected chi connectivity index (χ0v) is 18.2. The van der Waals surface area contributed by atoms with Gasteiger partial charge in [0.25, 0.3) is 0 Å². The van der Waals surface area contributed by atoms with Crippen LogP contribution in [0, 0.1) is 5.82 Å². The SMILES string of the molecule is O=C(CCNS(=O)(=O)c1ccccc1)Nc1cc(-c2nnc3n2CCCCC3)ccc1F. The highest BCUT2D eigenvalue weighted by molar-refractivity contribution is 7.89. The summed E-state index contributed by atoms with van der Waals surface area (Å²) in [5.41, 5.74) is 0.677. The summed E-state index contributed by atoms with van der Waals surface area (Å²) in [4.78, 5) is 12.4. The summed E-state index contributed by atoms with van der Waals surface area (Å²) >= 11 is 0. The number of rotatable bonds is 7. The van der Waals surface area contributed by atoms with E-state index in [0.29, 0.717) is 11.4 Å². The number of halogens is 1. The molecule has 0 bridgehead atoms. The predicted octanol–water partition coefficient (Wildman–Crippen LogP) is 3.12. The first-order valence-corrected chi connectivity index (χ1v) is 12.0. The number of hydrogen-bond acceptors (Lipinski definition) is 5. The van der Waals surface area contributed by atoms with Crippen molar-refractivity contribution in [2.24, 2.45) is 0 Å². The summed E-state index contributed by atoms with van der Waals surface area (Å²) in [6.45, 7) is 0.695. The van der Waals surface area contributed by atoms with Crippen LogP contribution in [0.15, 0.2) is 53.4 Å². The first kappa shape index (κ1) is 22.1. The molecule has 2 N–H and O–H groups in total. The van der Waals surface area contributed by atoms with Crippen molar-refractivity contribution in [3.05, 3.63) is 60.2 Å². The van der Waals surface area contributed by atoms with E-state index in [1.807, 2.05) is 4.57 Å². The van der Waals surface area contributed by atoms with E-state index in [2.05, 4.69) is 20.2 Å². The highest BCUT2D eigenvalue weighted by Gasteiger charge is 2.18. The lowest BCUT2D eigenvalue weighted by molar-refractivity contribution is -0.116. The number of nitrogens with zero attached hydrogens (tertiary/aromatic N) is 3. The lowest BCUT2D eigenvalue weighted by Gasteiger charge is -2.11. The quantitative estimate of drug-likeness (QED) is 0.567. The van der Waals surface area contributed by atoms with Gasteiger partial charge in [0.05, 0.1) is 10.6 Å². The van der Waals surface area contributed by atoms with Gasteiger partial charge in [-0.25, -0.2) is 17.5 Å². The second-order valence-electron chi connectivity index (χ2n) is 7.61. The maximum absolute atomic E-state index is 14.3. The molecule has 0 spiro atoms. The van der Waals surface area contributed by atoms with Crippen LogP contribution in [0.25, 0.3) is 11.4 Å². The molecule has 2 heterocycles. The van der Waals surface area contributed by atoms with Gasteiger partial charge in [0.15, 0.2) is 5.82 Å². The molecular weight excluding hydrogens is 433 g/mol. The van der Waals surface area contributed by atoms with Crippen molar-refractivity contribution in [1.29, 1.82) is 0 Å². The Bertz CT molecular complexity index is 1210. The van der Waals surface area contributed by atoms with E-state index in [0.717, 1.165) is 38.1 Å². The van der Waals surface area contributed by atoms with Gasteiger partial charge in [0.1, 0.15) is 11.6 Å². The largest absolute Gasteiger partial charge is 0.324 e. The van der Waals surface area contributed by atoms with Crippen LogP contribution >= 0.6 is 0 Å². The van der Waals surface area contributed by atoms with Crippen LogP contribution in [0.1, 0.15) is 31.5 Å². The number of carbonyl (C=O) groups is 1. The van der Waals surface area contributed by atoms with Gasteiger partial charge in [-0.15, -0.1) is 10.2 Å². The van der Waals surface area contributed by atoms with Crippen molar-refractivity contribution in [3.8, 4) is 11.4 Å². The molecule has 4 rings (SSSR count). The number of nitrogens with one attached hydrogen (secondary N) is 2. The lowest BCUT2D eigenvalue weighted by Crippen LogP contribution is -2.28. The van der Waals surface area contributed by atoms with Gasteiger partial charge in [0, 0.05) is 31.5 Å². The number of benzene rings is 2. The van der Waals surface area contributed by atoms with Crippen LogP contribution in [-0.2, 0) is 27.8 Å². The van der Waals surface area contributed by atoms with E-state index in [1.165, 1.54) is 24.3 Å². The third kappa shape index (κ3) is 5.03. The highest BCUT2D eigenvalue weighted by Crippen LogP contribution is 2.26. The Balaban J connectivity index is 1.41. The molecule has 1 aromatic heterocycles. The summed E-state index contributed by atoms with van der Waals surface area (Å²) in [5.74, 6) is 0.477. The number of fused-ring (bicyclic) bond motifs is 1. The average molecular weight is 458 g/mol. The molecule has 1 aliphatic rings. The first-order chi connectivity index (χ1) is 15.4. The molecular formula is C22H24FN5O3S. The fourth-order valence-electron chi connectivity index (χ4n) is 3.65. The summed E-state index contributed by atoms with van der Waals surface area (Å²) in [5, 5.41) is 11.1. The van der Waals surface area contributed by atoms with Crippen LogP contribution in [0.5, 0.6) is 0 Å². The van der Waals surface area contributed by atoms with E-state index in [9.17, 15) is 17.6 Å². The number of carbonyl (C=O) groups excluding carboxylic acids is 1. The van der Waals surface area contributed by atoms with Crippen molar-refractivity contribution in [2.45, 2.75) is 43.5 Å². The predicted molar refractivity (Wildman–Crippen MR) is 118 cm³/mol. The molecule has 32 heavy (non-hydrogen) atoms. The minimum absolute atomic E-state index is 0.0180. The van der Waals surface area contributed by atoms with Crippen LogP contribution in [-0.4, -0.2) is 35.6 Å². The summed E-state index contributed by atoms with van der Waals surface area (Å²) in [7, 11) is -3.71. The first-order valence-electron chi connectivity index (χ1n) is 10.5. The zero-order chi connectivity index (χ0) is 22.6. The van der Waals surface area contributed by atoms with Crippen molar-refractivity contribution in [3.63, 3.8) is 0 Å². The second kappa shape index (κ2) is 9.58. The fourth-order valence-corrected chi connectivity index (χ4v) is 4.71. The number of amides is 1. The van der Waals surface area contributed by atoms with Gasteiger partial charge in [-0.05, 0) is 43.2 Å². The van der Waals surface area contributed by atoms with Crippen molar-refractivity contribution >= 4 is 21.6 Å².